The first-order valence-electron chi connectivity index (χ1n) is 5.74. The molecule has 1 aliphatic rings. The van der Waals surface area contributed by atoms with Gasteiger partial charge in [-0.05, 0) is 47.8 Å². The molecule has 2 nitrogen and oxygen atoms in total. The van der Waals surface area contributed by atoms with E-state index >= 15 is 0 Å². The van der Waals surface area contributed by atoms with Crippen molar-refractivity contribution in [1.82, 2.24) is 9.80 Å². The van der Waals surface area contributed by atoms with Crippen LogP contribution in [-0.2, 0) is 0 Å². The molecule has 0 aromatic heterocycles. The molecule has 0 amide bonds. The van der Waals surface area contributed by atoms with E-state index in [0.717, 1.165) is 0 Å². The van der Waals surface area contributed by atoms with Gasteiger partial charge in [0.2, 0.25) is 0 Å². The molecular formula is C12H26N2S. The summed E-state index contributed by atoms with van der Waals surface area (Å²) in [7, 11) is 0. The number of hydrogen-bond acceptors (Lipinski definition) is 3. The van der Waals surface area contributed by atoms with Gasteiger partial charge in [-0.2, -0.15) is 0 Å². The summed E-state index contributed by atoms with van der Waals surface area (Å²) in [6.45, 7) is 16.2. The lowest BCUT2D eigenvalue weighted by molar-refractivity contribution is 0.0733. The van der Waals surface area contributed by atoms with Crippen LogP contribution in [0.3, 0.4) is 0 Å². The molecule has 1 heterocycles. The Labute approximate surface area is 99.4 Å². The molecule has 0 spiro atoms. The van der Waals surface area contributed by atoms with E-state index in [4.69, 9.17) is 0 Å². The topological polar surface area (TPSA) is 6.48 Å². The fraction of sp³-hybridized carbons (Fsp3) is 1.00. The summed E-state index contributed by atoms with van der Waals surface area (Å²) in [5.41, 5.74) is 1.08. The Morgan fingerprint density at radius 2 is 1.20 bits per heavy atom. The molecular weight excluding hydrogens is 204 g/mol. The van der Waals surface area contributed by atoms with Crippen LogP contribution in [0.2, 0.25) is 0 Å². The summed E-state index contributed by atoms with van der Waals surface area (Å²) in [5.74, 6) is 0. The van der Waals surface area contributed by atoms with Crippen LogP contribution in [-0.4, -0.2) is 45.7 Å². The molecule has 0 unspecified atom stereocenters. The monoisotopic (exact) mass is 230 g/mol. The molecule has 0 N–H and O–H groups in total. The average molecular weight is 230 g/mol. The standard InChI is InChI=1S/C12H26N2S/c1-11(2,3)13-8-9-14(10(13)15-7)12(4,5)6/h10H,8-9H2,1-7H3. The van der Waals surface area contributed by atoms with E-state index in [1.807, 2.05) is 11.8 Å². The Bertz CT molecular complexity index is 193. The van der Waals surface area contributed by atoms with E-state index in [2.05, 4.69) is 57.6 Å². The Morgan fingerprint density at radius 1 is 0.867 bits per heavy atom. The van der Waals surface area contributed by atoms with Gasteiger partial charge >= 0.3 is 0 Å². The van der Waals surface area contributed by atoms with E-state index in [9.17, 15) is 0 Å². The molecule has 1 fully saturated rings. The van der Waals surface area contributed by atoms with Crippen LogP contribution < -0.4 is 0 Å². The molecule has 3 heteroatoms. The van der Waals surface area contributed by atoms with Crippen molar-refractivity contribution >= 4 is 11.8 Å². The van der Waals surface area contributed by atoms with E-state index in [-0.39, 0.29) is 11.1 Å². The minimum Gasteiger partial charge on any atom is -0.273 e. The molecule has 1 aliphatic heterocycles. The molecule has 1 saturated heterocycles. The van der Waals surface area contributed by atoms with E-state index in [1.165, 1.54) is 13.1 Å². The largest absolute Gasteiger partial charge is 0.273 e. The van der Waals surface area contributed by atoms with Crippen molar-refractivity contribution in [2.45, 2.75) is 58.1 Å². The lowest BCUT2D eigenvalue weighted by Crippen LogP contribution is -2.51. The van der Waals surface area contributed by atoms with Gasteiger partial charge in [0.1, 0.15) is 5.50 Å². The quantitative estimate of drug-likeness (QED) is 0.684. The number of nitrogens with zero attached hydrogens (tertiary/aromatic N) is 2. The molecule has 0 aromatic carbocycles. The minimum absolute atomic E-state index is 0.272. The zero-order valence-electron chi connectivity index (χ0n) is 11.3. The predicted molar refractivity (Wildman–Crippen MR) is 70.2 cm³/mol. The predicted octanol–water partition coefficient (Wildman–Crippen LogP) is 2.85. The van der Waals surface area contributed by atoms with Crippen molar-refractivity contribution in [2.24, 2.45) is 0 Å². The van der Waals surface area contributed by atoms with Crippen LogP contribution in [0.4, 0.5) is 0 Å². The highest BCUT2D eigenvalue weighted by atomic mass is 32.2. The van der Waals surface area contributed by atoms with Gasteiger partial charge in [0.15, 0.2) is 0 Å². The molecule has 0 radical (unpaired) electrons. The van der Waals surface area contributed by atoms with Crippen LogP contribution >= 0.6 is 11.8 Å². The molecule has 1 rings (SSSR count). The highest BCUT2D eigenvalue weighted by Gasteiger charge is 2.41. The fourth-order valence-electron chi connectivity index (χ4n) is 2.19. The van der Waals surface area contributed by atoms with E-state index < -0.39 is 0 Å². The third-order valence-corrected chi connectivity index (χ3v) is 3.98. The summed E-state index contributed by atoms with van der Waals surface area (Å²) in [5, 5.41) is 0. The van der Waals surface area contributed by atoms with Crippen LogP contribution in [0.1, 0.15) is 41.5 Å². The second-order valence-electron chi connectivity index (χ2n) is 6.29. The SMILES string of the molecule is CSC1N(C(C)(C)C)CCN1C(C)(C)C. The van der Waals surface area contributed by atoms with Gasteiger partial charge in [-0.25, -0.2) is 0 Å². The number of rotatable bonds is 1. The molecule has 0 saturated carbocycles. The van der Waals surface area contributed by atoms with Crippen molar-refractivity contribution in [2.75, 3.05) is 19.3 Å². The Kier molecular flexibility index (Phi) is 3.79. The molecule has 90 valence electrons. The van der Waals surface area contributed by atoms with Gasteiger partial charge < -0.3 is 0 Å². The third kappa shape index (κ3) is 2.89. The summed E-state index contributed by atoms with van der Waals surface area (Å²) in [6.07, 6.45) is 2.22. The molecule has 0 aromatic rings. The van der Waals surface area contributed by atoms with Crippen LogP contribution in [0, 0.1) is 0 Å². The van der Waals surface area contributed by atoms with Crippen LogP contribution in [0.5, 0.6) is 0 Å². The maximum atomic E-state index is 2.60. The smallest absolute Gasteiger partial charge is 0.111 e. The second-order valence-corrected chi connectivity index (χ2v) is 7.18. The molecule has 15 heavy (non-hydrogen) atoms. The second kappa shape index (κ2) is 4.27. The normalized spacial score (nSPS) is 22.6. The average Bonchev–Trinajstić information content (AvgIpc) is 2.43. The van der Waals surface area contributed by atoms with Crippen molar-refractivity contribution in [3.8, 4) is 0 Å². The Balaban J connectivity index is 2.83. The lowest BCUT2D eigenvalue weighted by Gasteiger charge is -2.42. The summed E-state index contributed by atoms with van der Waals surface area (Å²) >= 11 is 1.95. The zero-order chi connectivity index (χ0) is 11.9. The van der Waals surface area contributed by atoms with Crippen LogP contribution in [0.15, 0.2) is 0 Å². The highest BCUT2D eigenvalue weighted by molar-refractivity contribution is 7.99. The maximum absolute atomic E-state index is 2.60. The number of thioether (sulfide) groups is 1. The van der Waals surface area contributed by atoms with Crippen LogP contribution in [0.25, 0.3) is 0 Å². The first-order valence-corrected chi connectivity index (χ1v) is 7.03. The van der Waals surface area contributed by atoms with Gasteiger partial charge in [0, 0.05) is 24.2 Å². The van der Waals surface area contributed by atoms with Gasteiger partial charge in [0.05, 0.1) is 0 Å². The Morgan fingerprint density at radius 3 is 1.40 bits per heavy atom. The summed E-state index contributed by atoms with van der Waals surface area (Å²) < 4.78 is 0. The van der Waals surface area contributed by atoms with E-state index in [1.54, 1.807) is 0 Å². The first kappa shape index (κ1) is 13.3. The summed E-state index contributed by atoms with van der Waals surface area (Å²) in [4.78, 5) is 5.20. The molecule has 0 aliphatic carbocycles. The van der Waals surface area contributed by atoms with Gasteiger partial charge in [-0.3, -0.25) is 9.80 Å². The van der Waals surface area contributed by atoms with Gasteiger partial charge in [-0.15, -0.1) is 11.8 Å². The van der Waals surface area contributed by atoms with Crippen molar-refractivity contribution in [3.63, 3.8) is 0 Å². The van der Waals surface area contributed by atoms with Crippen molar-refractivity contribution in [3.05, 3.63) is 0 Å². The van der Waals surface area contributed by atoms with Gasteiger partial charge in [-0.1, -0.05) is 0 Å². The first-order chi connectivity index (χ1) is 6.68. The zero-order valence-corrected chi connectivity index (χ0v) is 12.1. The summed E-state index contributed by atoms with van der Waals surface area (Å²) in [6, 6.07) is 0. The molecule has 0 atom stereocenters. The van der Waals surface area contributed by atoms with Crippen molar-refractivity contribution in [1.29, 1.82) is 0 Å². The number of hydrogen-bond donors (Lipinski definition) is 0. The van der Waals surface area contributed by atoms with Gasteiger partial charge in [0.25, 0.3) is 0 Å². The minimum atomic E-state index is 0.272. The van der Waals surface area contributed by atoms with E-state index in [0.29, 0.717) is 5.50 Å². The molecule has 0 bridgehead atoms. The maximum Gasteiger partial charge on any atom is 0.111 e. The fourth-order valence-corrected chi connectivity index (χ4v) is 3.54. The highest BCUT2D eigenvalue weighted by Crippen LogP contribution is 2.34. The Hall–Kier alpha value is 0.270. The van der Waals surface area contributed by atoms with Crippen molar-refractivity contribution < 1.29 is 0 Å². The third-order valence-electron chi connectivity index (χ3n) is 3.05. The lowest BCUT2D eigenvalue weighted by atomic mass is 10.1.